The second-order valence-corrected chi connectivity index (χ2v) is 7.33. The zero-order valence-corrected chi connectivity index (χ0v) is 12.7. The molecule has 106 valence electrons. The van der Waals surface area contributed by atoms with E-state index in [9.17, 15) is 9.00 Å². The zero-order chi connectivity index (χ0) is 14.6. The molecule has 2 aliphatic rings. The normalized spacial score (nSPS) is 26.8. The van der Waals surface area contributed by atoms with Gasteiger partial charge in [-0.3, -0.25) is 9.00 Å². The second kappa shape index (κ2) is 4.42. The number of fused-ring (bicyclic) bond motifs is 3. The van der Waals surface area contributed by atoms with Gasteiger partial charge in [-0.2, -0.15) is 0 Å². The molecule has 1 fully saturated rings. The largest absolute Gasteiger partial charge is 0.313 e. The van der Waals surface area contributed by atoms with Crippen molar-refractivity contribution >= 4 is 28.3 Å². The lowest BCUT2D eigenvalue weighted by Crippen LogP contribution is -2.41. The van der Waals surface area contributed by atoms with Gasteiger partial charge in [0.05, 0.1) is 10.8 Å². The molecule has 2 atom stereocenters. The fourth-order valence-electron chi connectivity index (χ4n) is 3.35. The lowest BCUT2D eigenvalue weighted by molar-refractivity contribution is 0.0750. The van der Waals surface area contributed by atoms with E-state index in [1.54, 1.807) is 23.1 Å². The number of carbonyl (C=O) groups excluding carboxylic acids is 1. The van der Waals surface area contributed by atoms with Gasteiger partial charge in [-0.05, 0) is 23.8 Å². The van der Waals surface area contributed by atoms with Gasteiger partial charge in [-0.1, -0.05) is 41.9 Å². The number of amides is 1. The molecule has 2 unspecified atom stereocenters. The highest BCUT2D eigenvalue weighted by Crippen LogP contribution is 2.50. The van der Waals surface area contributed by atoms with E-state index in [0.717, 1.165) is 11.1 Å². The van der Waals surface area contributed by atoms with E-state index < -0.39 is 15.7 Å². The summed E-state index contributed by atoms with van der Waals surface area (Å²) in [6.07, 6.45) is 0. The maximum Gasteiger partial charge on any atom is 0.256 e. The van der Waals surface area contributed by atoms with E-state index in [0.29, 0.717) is 22.9 Å². The van der Waals surface area contributed by atoms with Crippen LogP contribution < -0.4 is 0 Å². The standard InChI is InChI=1S/C16H12ClNO2S/c17-12-6-7-13-14(10-12)16(11-4-2-1-3-5-11)18(15(13)19)8-9-21(16)20/h1-7,10H,8-9H2. The molecule has 0 spiro atoms. The Hall–Kier alpha value is -1.65. The Balaban J connectivity index is 2.09. The van der Waals surface area contributed by atoms with Crippen LogP contribution >= 0.6 is 11.6 Å². The van der Waals surface area contributed by atoms with Crippen LogP contribution in [-0.4, -0.2) is 27.3 Å². The molecule has 2 aliphatic heterocycles. The molecule has 0 saturated carbocycles. The topological polar surface area (TPSA) is 37.4 Å². The SMILES string of the molecule is O=C1c2ccc(Cl)cc2C2(c3ccccc3)N1CCS2=O. The summed E-state index contributed by atoms with van der Waals surface area (Å²) in [5, 5.41) is 0.558. The molecule has 2 aromatic carbocycles. The highest BCUT2D eigenvalue weighted by atomic mass is 35.5. The molecule has 21 heavy (non-hydrogen) atoms. The Morgan fingerprint density at radius 2 is 1.90 bits per heavy atom. The molecule has 3 nitrogen and oxygen atoms in total. The van der Waals surface area contributed by atoms with E-state index in [1.165, 1.54) is 0 Å². The summed E-state index contributed by atoms with van der Waals surface area (Å²) in [6.45, 7) is 0.507. The lowest BCUT2D eigenvalue weighted by atomic mass is 9.97. The highest BCUT2D eigenvalue weighted by molar-refractivity contribution is 7.86. The van der Waals surface area contributed by atoms with Crippen LogP contribution in [-0.2, 0) is 15.7 Å². The minimum Gasteiger partial charge on any atom is -0.313 e. The first kappa shape index (κ1) is 13.0. The predicted molar refractivity (Wildman–Crippen MR) is 82.7 cm³/mol. The smallest absolute Gasteiger partial charge is 0.256 e. The van der Waals surface area contributed by atoms with Gasteiger partial charge >= 0.3 is 0 Å². The Morgan fingerprint density at radius 3 is 2.67 bits per heavy atom. The summed E-state index contributed by atoms with van der Waals surface area (Å²) in [7, 11) is -1.18. The minimum atomic E-state index is -1.18. The third-order valence-electron chi connectivity index (χ3n) is 4.20. The van der Waals surface area contributed by atoms with Gasteiger partial charge in [0.15, 0.2) is 4.87 Å². The Labute approximate surface area is 130 Å². The molecule has 2 heterocycles. The number of hydrogen-bond acceptors (Lipinski definition) is 2. The van der Waals surface area contributed by atoms with Crippen molar-refractivity contribution in [2.75, 3.05) is 12.3 Å². The molecule has 0 aromatic heterocycles. The first-order valence-corrected chi connectivity index (χ1v) is 8.41. The maximum atomic E-state index is 12.9. The van der Waals surface area contributed by atoms with Crippen molar-refractivity contribution in [3.8, 4) is 0 Å². The monoisotopic (exact) mass is 317 g/mol. The second-order valence-electron chi connectivity index (χ2n) is 5.21. The van der Waals surface area contributed by atoms with Crippen molar-refractivity contribution in [2.24, 2.45) is 0 Å². The molecule has 5 heteroatoms. The van der Waals surface area contributed by atoms with Crippen molar-refractivity contribution in [2.45, 2.75) is 4.87 Å². The maximum absolute atomic E-state index is 12.9. The fourth-order valence-corrected chi connectivity index (χ4v) is 5.40. The van der Waals surface area contributed by atoms with Crippen LogP contribution in [0.2, 0.25) is 5.02 Å². The third-order valence-corrected chi connectivity index (χ3v) is 6.32. The Bertz CT molecular complexity index is 777. The van der Waals surface area contributed by atoms with Gasteiger partial charge in [0.2, 0.25) is 0 Å². The number of rotatable bonds is 1. The Morgan fingerprint density at radius 1 is 1.14 bits per heavy atom. The average Bonchev–Trinajstić information content (AvgIpc) is 2.96. The molecular weight excluding hydrogens is 306 g/mol. The summed E-state index contributed by atoms with van der Waals surface area (Å²) in [5.74, 6) is 0.434. The van der Waals surface area contributed by atoms with E-state index in [-0.39, 0.29) is 5.91 Å². The molecule has 1 saturated heterocycles. The van der Waals surface area contributed by atoms with Crippen LogP contribution in [0.1, 0.15) is 21.5 Å². The summed E-state index contributed by atoms with van der Waals surface area (Å²) in [6, 6.07) is 14.8. The van der Waals surface area contributed by atoms with Gasteiger partial charge in [-0.15, -0.1) is 0 Å². The summed E-state index contributed by atoms with van der Waals surface area (Å²) in [5.41, 5.74) is 2.26. The highest BCUT2D eigenvalue weighted by Gasteiger charge is 2.58. The summed E-state index contributed by atoms with van der Waals surface area (Å²) >= 11 is 6.13. The summed E-state index contributed by atoms with van der Waals surface area (Å²) < 4.78 is 12.9. The van der Waals surface area contributed by atoms with Gasteiger partial charge in [0.1, 0.15) is 0 Å². The molecule has 2 aromatic rings. The van der Waals surface area contributed by atoms with E-state index >= 15 is 0 Å². The van der Waals surface area contributed by atoms with Crippen molar-refractivity contribution in [3.05, 3.63) is 70.2 Å². The Kier molecular flexibility index (Phi) is 2.75. The van der Waals surface area contributed by atoms with Crippen LogP contribution in [0, 0.1) is 0 Å². The zero-order valence-electron chi connectivity index (χ0n) is 11.1. The predicted octanol–water partition coefficient (Wildman–Crippen LogP) is 2.76. The van der Waals surface area contributed by atoms with Crippen molar-refractivity contribution in [1.29, 1.82) is 0 Å². The number of carbonyl (C=O) groups is 1. The van der Waals surface area contributed by atoms with E-state index in [4.69, 9.17) is 11.6 Å². The first-order chi connectivity index (χ1) is 10.2. The van der Waals surface area contributed by atoms with Crippen LogP contribution in [0.25, 0.3) is 0 Å². The first-order valence-electron chi connectivity index (χ1n) is 6.71. The molecule has 0 bridgehead atoms. The average molecular weight is 318 g/mol. The van der Waals surface area contributed by atoms with Crippen molar-refractivity contribution < 1.29 is 9.00 Å². The number of nitrogens with zero attached hydrogens (tertiary/aromatic N) is 1. The van der Waals surface area contributed by atoms with Crippen LogP contribution in [0.3, 0.4) is 0 Å². The molecule has 4 rings (SSSR count). The summed E-state index contributed by atoms with van der Waals surface area (Å²) in [4.78, 5) is 13.5. The number of halogens is 1. The van der Waals surface area contributed by atoms with Crippen LogP contribution in [0.4, 0.5) is 0 Å². The van der Waals surface area contributed by atoms with Crippen LogP contribution in [0.5, 0.6) is 0 Å². The van der Waals surface area contributed by atoms with E-state index in [1.807, 2.05) is 30.3 Å². The van der Waals surface area contributed by atoms with Gasteiger partial charge in [-0.25, -0.2) is 0 Å². The number of hydrogen-bond donors (Lipinski definition) is 0. The van der Waals surface area contributed by atoms with Gasteiger partial charge < -0.3 is 4.90 Å². The van der Waals surface area contributed by atoms with Gasteiger partial charge in [0.25, 0.3) is 5.91 Å². The van der Waals surface area contributed by atoms with Crippen LogP contribution in [0.15, 0.2) is 48.5 Å². The van der Waals surface area contributed by atoms with Gasteiger partial charge in [0, 0.05) is 28.4 Å². The van der Waals surface area contributed by atoms with Crippen molar-refractivity contribution in [1.82, 2.24) is 4.90 Å². The fraction of sp³-hybridized carbons (Fsp3) is 0.188. The van der Waals surface area contributed by atoms with E-state index in [2.05, 4.69) is 0 Å². The number of benzene rings is 2. The molecule has 0 aliphatic carbocycles. The minimum absolute atomic E-state index is 0.0589. The molecule has 0 N–H and O–H groups in total. The lowest BCUT2D eigenvalue weighted by Gasteiger charge is -2.32. The third kappa shape index (κ3) is 1.54. The molecule has 0 radical (unpaired) electrons. The quantitative estimate of drug-likeness (QED) is 0.811. The molecule has 1 amide bonds. The van der Waals surface area contributed by atoms with Crippen molar-refractivity contribution in [3.63, 3.8) is 0 Å². The molecular formula is C16H12ClNO2S.